The molecule has 5 unspecified atom stereocenters. The van der Waals surface area contributed by atoms with Gasteiger partial charge in [0, 0.05) is 27.9 Å². The molecule has 126 valence electrons. The molecule has 0 saturated carbocycles. The summed E-state index contributed by atoms with van der Waals surface area (Å²) >= 11 is 0. The Balaban J connectivity index is 3.01. The van der Waals surface area contributed by atoms with Gasteiger partial charge in [-0.05, 0) is 0 Å². The van der Waals surface area contributed by atoms with E-state index in [0.717, 1.165) is 0 Å². The van der Waals surface area contributed by atoms with Crippen LogP contribution in [0.4, 0.5) is 0 Å². The van der Waals surface area contributed by atoms with E-state index in [-0.39, 0.29) is 6.61 Å². The van der Waals surface area contributed by atoms with Crippen LogP contribution in [-0.2, 0) is 38.1 Å². The molecule has 1 heterocycles. The lowest BCUT2D eigenvalue weighted by Crippen LogP contribution is -2.61. The molecule has 0 aromatic heterocycles. The number of ether oxygens (including phenoxy) is 5. The molecule has 1 N–H and O–H groups in total. The average Bonchev–Trinajstić information content (AvgIpc) is 2.39. The van der Waals surface area contributed by atoms with Crippen molar-refractivity contribution in [2.24, 2.45) is 0 Å². The molecular weight excluding hydrogens is 300 g/mol. The van der Waals surface area contributed by atoms with E-state index >= 15 is 0 Å². The van der Waals surface area contributed by atoms with E-state index in [1.807, 2.05) is 0 Å². The van der Waals surface area contributed by atoms with Crippen molar-refractivity contribution >= 4 is 17.9 Å². The summed E-state index contributed by atoms with van der Waals surface area (Å²) in [6.07, 6.45) is -5.69. The molecule has 1 rings (SSSR count). The first-order chi connectivity index (χ1) is 10.3. The number of hydrogen-bond donors (Lipinski definition) is 1. The Labute approximate surface area is 127 Å². The molecular formula is C13H20O9. The maximum atomic E-state index is 11.3. The predicted molar refractivity (Wildman–Crippen MR) is 69.4 cm³/mol. The van der Waals surface area contributed by atoms with E-state index in [0.29, 0.717) is 0 Å². The first kappa shape index (κ1) is 18.3. The summed E-state index contributed by atoms with van der Waals surface area (Å²) in [6.45, 7) is 3.25. The van der Waals surface area contributed by atoms with Crippen molar-refractivity contribution in [2.45, 2.75) is 51.5 Å². The van der Waals surface area contributed by atoms with Crippen LogP contribution < -0.4 is 0 Å². The molecule has 0 amide bonds. The largest absolute Gasteiger partial charge is 0.463 e. The van der Waals surface area contributed by atoms with E-state index in [1.165, 1.54) is 27.9 Å². The minimum atomic E-state index is -1.44. The summed E-state index contributed by atoms with van der Waals surface area (Å²) in [4.78, 5) is 33.5. The molecule has 0 aliphatic carbocycles. The lowest BCUT2D eigenvalue weighted by Gasteiger charge is -2.42. The third kappa shape index (κ3) is 4.93. The molecule has 0 radical (unpaired) electrons. The van der Waals surface area contributed by atoms with E-state index in [1.54, 1.807) is 0 Å². The van der Waals surface area contributed by atoms with Gasteiger partial charge in [-0.3, -0.25) is 14.4 Å². The summed E-state index contributed by atoms with van der Waals surface area (Å²) in [6, 6.07) is 0. The number of rotatable bonds is 5. The van der Waals surface area contributed by atoms with Gasteiger partial charge in [0.25, 0.3) is 0 Å². The lowest BCUT2D eigenvalue weighted by atomic mass is 9.98. The fraction of sp³-hybridized carbons (Fsp3) is 0.769. The molecule has 5 atom stereocenters. The van der Waals surface area contributed by atoms with Crippen molar-refractivity contribution in [1.82, 2.24) is 0 Å². The molecule has 9 heteroatoms. The van der Waals surface area contributed by atoms with Gasteiger partial charge in [0.05, 0.1) is 0 Å². The van der Waals surface area contributed by atoms with Crippen LogP contribution in [-0.4, -0.2) is 67.4 Å². The second-order valence-corrected chi connectivity index (χ2v) is 4.72. The predicted octanol–water partition coefficient (Wildman–Crippen LogP) is -0.855. The topological polar surface area (TPSA) is 118 Å². The van der Waals surface area contributed by atoms with Gasteiger partial charge in [0.15, 0.2) is 18.5 Å². The van der Waals surface area contributed by atoms with Gasteiger partial charge in [-0.2, -0.15) is 0 Å². The number of methoxy groups -OCH3 is 1. The van der Waals surface area contributed by atoms with Gasteiger partial charge >= 0.3 is 17.9 Å². The summed E-state index contributed by atoms with van der Waals surface area (Å²) in [5.74, 6) is -1.87. The number of carbonyl (C=O) groups excluding carboxylic acids is 3. The zero-order valence-corrected chi connectivity index (χ0v) is 12.8. The maximum absolute atomic E-state index is 11.3. The molecule has 1 saturated heterocycles. The molecule has 1 fully saturated rings. The van der Waals surface area contributed by atoms with Crippen molar-refractivity contribution in [3.05, 3.63) is 0 Å². The van der Waals surface area contributed by atoms with Crippen molar-refractivity contribution in [1.29, 1.82) is 0 Å². The Bertz CT molecular complexity index is 422. The highest BCUT2D eigenvalue weighted by Gasteiger charge is 2.50. The quantitative estimate of drug-likeness (QED) is 0.510. The monoisotopic (exact) mass is 320 g/mol. The van der Waals surface area contributed by atoms with Crippen LogP contribution in [0.3, 0.4) is 0 Å². The van der Waals surface area contributed by atoms with Crippen molar-refractivity contribution in [3.63, 3.8) is 0 Å². The summed E-state index contributed by atoms with van der Waals surface area (Å²) < 4.78 is 25.3. The van der Waals surface area contributed by atoms with Gasteiger partial charge < -0.3 is 28.8 Å². The zero-order valence-electron chi connectivity index (χ0n) is 12.8. The molecule has 0 bridgehead atoms. The Hall–Kier alpha value is -1.71. The molecule has 22 heavy (non-hydrogen) atoms. The van der Waals surface area contributed by atoms with E-state index in [2.05, 4.69) is 0 Å². The van der Waals surface area contributed by atoms with Gasteiger partial charge in [-0.25, -0.2) is 0 Å². The number of aliphatic hydroxyl groups excluding tert-OH is 1. The standard InChI is InChI=1S/C13H20O9/c1-6(14)19-5-9-10(20-7(2)15)11(21-8(3)16)12(18-4)13(17)22-9/h9-13,17H,5H2,1-4H3. The maximum Gasteiger partial charge on any atom is 0.303 e. The van der Waals surface area contributed by atoms with Crippen molar-refractivity contribution in [3.8, 4) is 0 Å². The van der Waals surface area contributed by atoms with Crippen LogP contribution in [0.1, 0.15) is 20.8 Å². The number of aliphatic hydroxyl groups is 1. The molecule has 9 nitrogen and oxygen atoms in total. The molecule has 0 aromatic rings. The molecule has 0 aromatic carbocycles. The Morgan fingerprint density at radius 2 is 1.50 bits per heavy atom. The Kier molecular flexibility index (Phi) is 6.72. The molecule has 1 aliphatic rings. The first-order valence-electron chi connectivity index (χ1n) is 6.60. The number of carbonyl (C=O) groups is 3. The Morgan fingerprint density at radius 1 is 0.955 bits per heavy atom. The van der Waals surface area contributed by atoms with Crippen LogP contribution in [0.15, 0.2) is 0 Å². The minimum Gasteiger partial charge on any atom is -0.463 e. The average molecular weight is 320 g/mol. The smallest absolute Gasteiger partial charge is 0.303 e. The van der Waals surface area contributed by atoms with Crippen LogP contribution in [0.2, 0.25) is 0 Å². The first-order valence-corrected chi connectivity index (χ1v) is 6.60. The number of esters is 3. The highest BCUT2D eigenvalue weighted by atomic mass is 16.7. The van der Waals surface area contributed by atoms with Crippen LogP contribution in [0, 0.1) is 0 Å². The van der Waals surface area contributed by atoms with Gasteiger partial charge in [0.2, 0.25) is 0 Å². The van der Waals surface area contributed by atoms with Crippen LogP contribution in [0.25, 0.3) is 0 Å². The fourth-order valence-electron chi connectivity index (χ4n) is 2.14. The summed E-state index contributed by atoms with van der Waals surface area (Å²) in [5, 5.41) is 9.92. The van der Waals surface area contributed by atoms with Crippen molar-refractivity contribution < 1.29 is 43.2 Å². The van der Waals surface area contributed by atoms with E-state index < -0.39 is 48.6 Å². The van der Waals surface area contributed by atoms with E-state index in [4.69, 9.17) is 23.7 Å². The van der Waals surface area contributed by atoms with Gasteiger partial charge in [-0.15, -0.1) is 0 Å². The van der Waals surface area contributed by atoms with E-state index in [9.17, 15) is 19.5 Å². The lowest BCUT2D eigenvalue weighted by molar-refractivity contribution is -0.297. The fourth-order valence-corrected chi connectivity index (χ4v) is 2.14. The highest BCUT2D eigenvalue weighted by molar-refractivity contribution is 5.67. The second kappa shape index (κ2) is 8.06. The third-order valence-corrected chi connectivity index (χ3v) is 2.94. The van der Waals surface area contributed by atoms with Gasteiger partial charge in [-0.1, -0.05) is 0 Å². The summed E-state index contributed by atoms with van der Waals surface area (Å²) in [5.41, 5.74) is 0. The second-order valence-electron chi connectivity index (χ2n) is 4.72. The van der Waals surface area contributed by atoms with Gasteiger partial charge in [0.1, 0.15) is 18.8 Å². The highest BCUT2D eigenvalue weighted by Crippen LogP contribution is 2.27. The molecule has 1 aliphatic heterocycles. The number of hydrogen-bond acceptors (Lipinski definition) is 9. The zero-order chi connectivity index (χ0) is 16.9. The SMILES string of the molecule is COC1C(O)OC(COC(C)=O)C(OC(C)=O)C1OC(C)=O. The normalized spacial score (nSPS) is 31.2. The Morgan fingerprint density at radius 3 is 1.95 bits per heavy atom. The third-order valence-electron chi connectivity index (χ3n) is 2.94. The van der Waals surface area contributed by atoms with Crippen LogP contribution in [0.5, 0.6) is 0 Å². The minimum absolute atomic E-state index is 0.279. The molecule has 0 spiro atoms. The van der Waals surface area contributed by atoms with Crippen LogP contribution >= 0.6 is 0 Å². The van der Waals surface area contributed by atoms with Crippen molar-refractivity contribution in [2.75, 3.05) is 13.7 Å². The summed E-state index contributed by atoms with van der Waals surface area (Å²) in [7, 11) is 1.28.